The first-order chi connectivity index (χ1) is 17.3. The minimum atomic E-state index is -4.26. The van der Waals surface area contributed by atoms with E-state index in [0.29, 0.717) is 16.9 Å². The van der Waals surface area contributed by atoms with E-state index in [1.807, 2.05) is 30.3 Å². The smallest absolute Gasteiger partial charge is 0.394 e. The molecule has 0 N–H and O–H groups in total. The summed E-state index contributed by atoms with van der Waals surface area (Å²) in [6.07, 6.45) is -2.59. The maximum Gasteiger partial charge on any atom is 0.394 e. The molecule has 5 rings (SSSR count). The Morgan fingerprint density at radius 1 is 0.757 bits per heavy atom. The summed E-state index contributed by atoms with van der Waals surface area (Å²) in [5.74, 6) is 0.655. The minimum Gasteiger partial charge on any atom is -0.456 e. The molecular formula is C32H30F3NO. The van der Waals surface area contributed by atoms with Crippen LogP contribution in [0.5, 0.6) is 0 Å². The van der Waals surface area contributed by atoms with Crippen LogP contribution in [0.2, 0.25) is 0 Å². The van der Waals surface area contributed by atoms with E-state index in [-0.39, 0.29) is 11.8 Å². The highest BCUT2D eigenvalue weighted by molar-refractivity contribution is 5.98. The maximum atomic E-state index is 13.3. The van der Waals surface area contributed by atoms with Gasteiger partial charge in [-0.15, -0.1) is 0 Å². The van der Waals surface area contributed by atoms with Crippen LogP contribution in [-0.2, 0) is 11.8 Å². The average Bonchev–Trinajstić information content (AvgIpc) is 3.27. The minimum absolute atomic E-state index is 0.0481. The highest BCUT2D eigenvalue weighted by Crippen LogP contribution is 2.41. The van der Waals surface area contributed by atoms with Crippen molar-refractivity contribution in [1.82, 2.24) is 4.98 Å². The summed E-state index contributed by atoms with van der Waals surface area (Å²) in [6.45, 7) is 9.09. The fourth-order valence-corrected chi connectivity index (χ4v) is 4.80. The van der Waals surface area contributed by atoms with E-state index < -0.39 is 11.6 Å². The Kier molecular flexibility index (Phi) is 5.93. The molecule has 0 aliphatic rings. The zero-order chi connectivity index (χ0) is 26.6. The van der Waals surface area contributed by atoms with Gasteiger partial charge in [0.1, 0.15) is 11.3 Å². The number of hydrogen-bond acceptors (Lipinski definition) is 2. The Morgan fingerprint density at radius 2 is 1.46 bits per heavy atom. The molecule has 0 saturated heterocycles. The number of nitrogens with zero attached hydrogens (tertiary/aromatic N) is 1. The SMILES string of the molecule is CC(C)(C)c1cc(-c2nccc3oc(-c4ccc(CC(C)(C)C(F)(F)F)cc4)cc23)cc2ccccc12. The van der Waals surface area contributed by atoms with Gasteiger partial charge in [-0.05, 0) is 58.0 Å². The molecule has 5 aromatic rings. The van der Waals surface area contributed by atoms with Crippen LogP contribution < -0.4 is 0 Å². The Morgan fingerprint density at radius 3 is 2.14 bits per heavy atom. The molecule has 0 aliphatic heterocycles. The molecule has 0 fully saturated rings. The first kappa shape index (κ1) is 25.1. The number of furan rings is 1. The number of halogens is 3. The van der Waals surface area contributed by atoms with Gasteiger partial charge in [0, 0.05) is 22.7 Å². The number of hydrogen-bond donors (Lipinski definition) is 0. The van der Waals surface area contributed by atoms with Crippen LogP contribution in [0.25, 0.3) is 44.3 Å². The molecular weight excluding hydrogens is 471 g/mol. The molecule has 0 radical (unpaired) electrons. The molecule has 0 saturated carbocycles. The van der Waals surface area contributed by atoms with Crippen LogP contribution >= 0.6 is 0 Å². The molecule has 0 amide bonds. The Labute approximate surface area is 215 Å². The molecule has 2 heterocycles. The number of aromatic nitrogens is 1. The predicted molar refractivity (Wildman–Crippen MR) is 145 cm³/mol. The zero-order valence-corrected chi connectivity index (χ0v) is 21.7. The molecule has 3 aromatic carbocycles. The molecule has 37 heavy (non-hydrogen) atoms. The molecule has 0 bridgehead atoms. The molecule has 0 aliphatic carbocycles. The summed E-state index contributed by atoms with van der Waals surface area (Å²) >= 11 is 0. The predicted octanol–water partition coefficient (Wildman–Crippen LogP) is 9.74. The third-order valence-corrected chi connectivity index (χ3v) is 7.04. The van der Waals surface area contributed by atoms with Crippen molar-refractivity contribution in [1.29, 1.82) is 0 Å². The number of fused-ring (bicyclic) bond motifs is 2. The fraction of sp³-hybridized carbons (Fsp3) is 0.281. The molecule has 190 valence electrons. The Bertz CT molecular complexity index is 1590. The third kappa shape index (κ3) is 4.75. The number of benzene rings is 3. The van der Waals surface area contributed by atoms with Gasteiger partial charge in [-0.2, -0.15) is 13.2 Å². The number of alkyl halides is 3. The van der Waals surface area contributed by atoms with Crippen molar-refractivity contribution >= 4 is 21.7 Å². The molecule has 2 aromatic heterocycles. The van der Waals surface area contributed by atoms with Crippen LogP contribution in [0.15, 0.2) is 83.4 Å². The van der Waals surface area contributed by atoms with Gasteiger partial charge in [0.25, 0.3) is 0 Å². The van der Waals surface area contributed by atoms with Crippen LogP contribution in [0.1, 0.15) is 45.7 Å². The van der Waals surface area contributed by atoms with E-state index in [4.69, 9.17) is 9.40 Å². The van der Waals surface area contributed by atoms with Crippen molar-refractivity contribution < 1.29 is 17.6 Å². The lowest BCUT2D eigenvalue weighted by Gasteiger charge is -2.27. The molecule has 2 nitrogen and oxygen atoms in total. The highest BCUT2D eigenvalue weighted by Gasteiger charge is 2.46. The third-order valence-electron chi connectivity index (χ3n) is 7.04. The van der Waals surface area contributed by atoms with Gasteiger partial charge in [0.2, 0.25) is 0 Å². The highest BCUT2D eigenvalue weighted by atomic mass is 19.4. The molecule has 5 heteroatoms. The van der Waals surface area contributed by atoms with Crippen LogP contribution in [0.4, 0.5) is 13.2 Å². The Balaban J connectivity index is 1.55. The van der Waals surface area contributed by atoms with Gasteiger partial charge in [0.05, 0.1) is 11.1 Å². The largest absolute Gasteiger partial charge is 0.456 e. The summed E-state index contributed by atoms with van der Waals surface area (Å²) < 4.78 is 46.1. The first-order valence-corrected chi connectivity index (χ1v) is 12.4. The number of rotatable bonds is 4. The fourth-order valence-electron chi connectivity index (χ4n) is 4.80. The molecule has 0 atom stereocenters. The van der Waals surface area contributed by atoms with E-state index in [2.05, 4.69) is 51.1 Å². The summed E-state index contributed by atoms with van der Waals surface area (Å²) in [4.78, 5) is 4.72. The summed E-state index contributed by atoms with van der Waals surface area (Å²) in [6, 6.07) is 23.7. The van der Waals surface area contributed by atoms with Gasteiger partial charge in [0.15, 0.2) is 0 Å². The van der Waals surface area contributed by atoms with Crippen molar-refractivity contribution in [3.63, 3.8) is 0 Å². The summed E-state index contributed by atoms with van der Waals surface area (Å²) in [5, 5.41) is 3.28. The van der Waals surface area contributed by atoms with E-state index in [9.17, 15) is 13.2 Å². The molecule has 0 spiro atoms. The lowest BCUT2D eigenvalue weighted by molar-refractivity contribution is -0.211. The average molecular weight is 502 g/mol. The van der Waals surface area contributed by atoms with Gasteiger partial charge in [-0.3, -0.25) is 4.98 Å². The lowest BCUT2D eigenvalue weighted by Crippen LogP contribution is -2.34. The van der Waals surface area contributed by atoms with Crippen molar-refractivity contribution in [2.45, 2.75) is 52.6 Å². The van der Waals surface area contributed by atoms with Crippen LogP contribution in [0.3, 0.4) is 0 Å². The van der Waals surface area contributed by atoms with Crippen molar-refractivity contribution in [3.8, 4) is 22.6 Å². The van der Waals surface area contributed by atoms with Gasteiger partial charge < -0.3 is 4.42 Å². The summed E-state index contributed by atoms with van der Waals surface area (Å²) in [5.41, 5.74) is 3.43. The summed E-state index contributed by atoms with van der Waals surface area (Å²) in [7, 11) is 0. The van der Waals surface area contributed by atoms with Crippen molar-refractivity contribution in [2.24, 2.45) is 5.41 Å². The van der Waals surface area contributed by atoms with Crippen LogP contribution in [-0.4, -0.2) is 11.2 Å². The molecule has 0 unspecified atom stereocenters. The second-order valence-electron chi connectivity index (χ2n) is 11.4. The second kappa shape index (κ2) is 8.76. The van der Waals surface area contributed by atoms with E-state index >= 15 is 0 Å². The lowest BCUT2D eigenvalue weighted by atomic mass is 9.82. The zero-order valence-electron chi connectivity index (χ0n) is 21.7. The van der Waals surface area contributed by atoms with E-state index in [1.54, 1.807) is 18.3 Å². The Hall–Kier alpha value is -3.60. The van der Waals surface area contributed by atoms with Crippen molar-refractivity contribution in [2.75, 3.05) is 0 Å². The van der Waals surface area contributed by atoms with E-state index in [1.165, 1.54) is 24.8 Å². The van der Waals surface area contributed by atoms with Crippen molar-refractivity contribution in [3.05, 3.63) is 90.1 Å². The maximum absolute atomic E-state index is 13.3. The monoisotopic (exact) mass is 501 g/mol. The normalized spacial score (nSPS) is 13.0. The second-order valence-corrected chi connectivity index (χ2v) is 11.4. The van der Waals surface area contributed by atoms with Crippen LogP contribution in [0, 0.1) is 5.41 Å². The van der Waals surface area contributed by atoms with E-state index in [0.717, 1.165) is 27.6 Å². The van der Waals surface area contributed by atoms with Gasteiger partial charge in [-0.25, -0.2) is 0 Å². The quantitative estimate of drug-likeness (QED) is 0.245. The first-order valence-electron chi connectivity index (χ1n) is 12.4. The standard InChI is InChI=1S/C32H30F3NO/c1-30(2,3)26-17-23(16-22-8-6-7-9-24(22)26)29-25-18-28(37-27(25)14-15-36-29)21-12-10-20(11-13-21)19-31(4,5)32(33,34)35/h6-18H,19H2,1-5H3. The number of pyridine rings is 1. The van der Waals surface area contributed by atoms with Gasteiger partial charge in [-0.1, -0.05) is 83.1 Å². The topological polar surface area (TPSA) is 26.0 Å². The van der Waals surface area contributed by atoms with Gasteiger partial charge >= 0.3 is 6.18 Å².